The van der Waals surface area contributed by atoms with Crippen molar-refractivity contribution in [2.75, 3.05) is 37.0 Å². The van der Waals surface area contributed by atoms with Gasteiger partial charge >= 0.3 is 0 Å². The SMILES string of the molecule is Nn1cnnc1-c1nn(-c2ccccc2)nc1N1CCOCC1. The Morgan fingerprint density at radius 1 is 1.04 bits per heavy atom. The molecule has 23 heavy (non-hydrogen) atoms. The van der Waals surface area contributed by atoms with E-state index in [-0.39, 0.29) is 0 Å². The van der Waals surface area contributed by atoms with Crippen molar-refractivity contribution in [1.82, 2.24) is 29.9 Å². The Morgan fingerprint density at radius 3 is 2.52 bits per heavy atom. The van der Waals surface area contributed by atoms with Crippen molar-refractivity contribution in [2.24, 2.45) is 0 Å². The molecular formula is C14H16N8O. The highest BCUT2D eigenvalue weighted by atomic mass is 16.5. The summed E-state index contributed by atoms with van der Waals surface area (Å²) in [6.07, 6.45) is 1.44. The van der Waals surface area contributed by atoms with Gasteiger partial charge in [0.15, 0.2) is 11.5 Å². The zero-order chi connectivity index (χ0) is 15.6. The third-order valence-electron chi connectivity index (χ3n) is 3.68. The molecule has 0 unspecified atom stereocenters. The average molecular weight is 312 g/mol. The van der Waals surface area contributed by atoms with Crippen LogP contribution in [-0.4, -0.2) is 56.2 Å². The second kappa shape index (κ2) is 5.69. The van der Waals surface area contributed by atoms with Crippen LogP contribution in [0.25, 0.3) is 17.2 Å². The normalized spacial score (nSPS) is 15.0. The summed E-state index contributed by atoms with van der Waals surface area (Å²) in [5.74, 6) is 7.10. The number of para-hydroxylation sites is 1. The minimum absolute atomic E-state index is 0.480. The van der Waals surface area contributed by atoms with Gasteiger partial charge in [0.1, 0.15) is 6.33 Å². The van der Waals surface area contributed by atoms with Crippen molar-refractivity contribution in [2.45, 2.75) is 0 Å². The minimum Gasteiger partial charge on any atom is -0.378 e. The first-order chi connectivity index (χ1) is 11.3. The van der Waals surface area contributed by atoms with Gasteiger partial charge in [0, 0.05) is 13.1 Å². The third kappa shape index (κ3) is 2.50. The molecule has 3 aromatic rings. The van der Waals surface area contributed by atoms with E-state index in [2.05, 4.69) is 25.3 Å². The fourth-order valence-corrected chi connectivity index (χ4v) is 2.52. The van der Waals surface area contributed by atoms with E-state index in [1.165, 1.54) is 11.0 Å². The Bertz CT molecular complexity index is 790. The Kier molecular flexibility index (Phi) is 3.39. The first-order valence-electron chi connectivity index (χ1n) is 7.34. The van der Waals surface area contributed by atoms with Gasteiger partial charge in [-0.25, -0.2) is 4.68 Å². The Hall–Kier alpha value is -2.94. The Balaban J connectivity index is 1.82. The van der Waals surface area contributed by atoms with Crippen LogP contribution in [0.1, 0.15) is 0 Å². The second-order valence-corrected chi connectivity index (χ2v) is 5.16. The molecule has 0 radical (unpaired) electrons. The molecule has 0 amide bonds. The lowest BCUT2D eigenvalue weighted by Crippen LogP contribution is -2.37. The average Bonchev–Trinajstić information content (AvgIpc) is 3.22. The van der Waals surface area contributed by atoms with Gasteiger partial charge in [-0.3, -0.25) is 0 Å². The number of hydrogen-bond donors (Lipinski definition) is 1. The van der Waals surface area contributed by atoms with Crippen LogP contribution in [0.4, 0.5) is 5.82 Å². The number of hydrogen-bond acceptors (Lipinski definition) is 7. The molecule has 9 heteroatoms. The van der Waals surface area contributed by atoms with E-state index in [9.17, 15) is 0 Å². The number of ether oxygens (including phenoxy) is 1. The third-order valence-corrected chi connectivity index (χ3v) is 3.68. The smallest absolute Gasteiger partial charge is 0.206 e. The van der Waals surface area contributed by atoms with Crippen LogP contribution in [-0.2, 0) is 4.74 Å². The number of nitrogens with two attached hydrogens (primary N) is 1. The van der Waals surface area contributed by atoms with Gasteiger partial charge in [-0.2, -0.15) is 0 Å². The standard InChI is InChI=1S/C14H16N8O/c15-21-10-16-17-13(21)12-14(20-6-8-23-9-7-20)19-22(18-12)11-4-2-1-3-5-11/h1-5,10H,6-9,15H2. The number of anilines is 1. The zero-order valence-electron chi connectivity index (χ0n) is 12.4. The van der Waals surface area contributed by atoms with Gasteiger partial charge in [-0.15, -0.1) is 25.2 Å². The molecule has 0 bridgehead atoms. The van der Waals surface area contributed by atoms with Crippen LogP contribution >= 0.6 is 0 Å². The molecule has 0 aliphatic carbocycles. The highest BCUT2D eigenvalue weighted by Gasteiger charge is 2.24. The summed E-state index contributed by atoms with van der Waals surface area (Å²) in [4.78, 5) is 3.72. The summed E-state index contributed by atoms with van der Waals surface area (Å²) >= 11 is 0. The van der Waals surface area contributed by atoms with Crippen molar-refractivity contribution < 1.29 is 4.74 Å². The number of benzene rings is 1. The molecule has 1 aliphatic heterocycles. The molecule has 9 nitrogen and oxygen atoms in total. The van der Waals surface area contributed by atoms with Gasteiger partial charge in [-0.1, -0.05) is 18.2 Å². The first kappa shape index (κ1) is 13.7. The minimum atomic E-state index is 0.480. The van der Waals surface area contributed by atoms with E-state index in [0.29, 0.717) is 24.7 Å². The number of morpholine rings is 1. The Labute approximate surface area is 132 Å². The maximum atomic E-state index is 5.89. The molecule has 0 spiro atoms. The molecule has 2 N–H and O–H groups in total. The Morgan fingerprint density at radius 2 is 1.83 bits per heavy atom. The van der Waals surface area contributed by atoms with E-state index in [0.717, 1.165) is 24.6 Å². The predicted molar refractivity (Wildman–Crippen MR) is 83.6 cm³/mol. The molecule has 3 heterocycles. The predicted octanol–water partition coefficient (Wildman–Crippen LogP) is 0.0762. The van der Waals surface area contributed by atoms with Gasteiger partial charge in [0.2, 0.25) is 5.82 Å². The summed E-state index contributed by atoms with van der Waals surface area (Å²) in [7, 11) is 0. The summed E-state index contributed by atoms with van der Waals surface area (Å²) in [6.45, 7) is 2.82. The maximum Gasteiger partial charge on any atom is 0.206 e. The maximum absolute atomic E-state index is 5.89. The fourth-order valence-electron chi connectivity index (χ4n) is 2.52. The van der Waals surface area contributed by atoms with Crippen molar-refractivity contribution >= 4 is 5.82 Å². The van der Waals surface area contributed by atoms with Crippen molar-refractivity contribution in [3.05, 3.63) is 36.7 Å². The van der Waals surface area contributed by atoms with Gasteiger partial charge in [0.25, 0.3) is 0 Å². The fraction of sp³-hybridized carbons (Fsp3) is 0.286. The van der Waals surface area contributed by atoms with E-state index < -0.39 is 0 Å². The molecule has 0 atom stereocenters. The highest BCUT2D eigenvalue weighted by molar-refractivity contribution is 5.67. The molecule has 4 rings (SSSR count). The number of nitrogens with zero attached hydrogens (tertiary/aromatic N) is 7. The molecule has 1 aliphatic rings. The molecule has 0 saturated carbocycles. The van der Waals surface area contributed by atoms with Crippen molar-refractivity contribution in [1.29, 1.82) is 0 Å². The van der Waals surface area contributed by atoms with Crippen molar-refractivity contribution in [3.63, 3.8) is 0 Å². The van der Waals surface area contributed by atoms with Gasteiger partial charge < -0.3 is 15.5 Å². The molecule has 1 aromatic carbocycles. The molecule has 118 valence electrons. The van der Waals surface area contributed by atoms with E-state index >= 15 is 0 Å². The van der Waals surface area contributed by atoms with Gasteiger partial charge in [-0.05, 0) is 12.1 Å². The molecule has 2 aromatic heterocycles. The van der Waals surface area contributed by atoms with Crippen LogP contribution in [0.15, 0.2) is 36.7 Å². The first-order valence-corrected chi connectivity index (χ1v) is 7.34. The lowest BCUT2D eigenvalue weighted by molar-refractivity contribution is 0.122. The van der Waals surface area contributed by atoms with E-state index in [1.54, 1.807) is 4.80 Å². The van der Waals surface area contributed by atoms with Crippen LogP contribution in [0, 0.1) is 0 Å². The lowest BCUT2D eigenvalue weighted by Gasteiger charge is -2.26. The molecular weight excluding hydrogens is 296 g/mol. The van der Waals surface area contributed by atoms with E-state index in [4.69, 9.17) is 10.6 Å². The zero-order valence-corrected chi connectivity index (χ0v) is 12.4. The molecule has 1 saturated heterocycles. The number of rotatable bonds is 3. The topological polar surface area (TPSA) is 99.9 Å². The summed E-state index contributed by atoms with van der Waals surface area (Å²) in [5, 5.41) is 17.1. The lowest BCUT2D eigenvalue weighted by atomic mass is 10.3. The number of nitrogen functional groups attached to an aromatic ring is 1. The summed E-state index contributed by atoms with van der Waals surface area (Å²) < 4.78 is 6.76. The summed E-state index contributed by atoms with van der Waals surface area (Å²) in [5.41, 5.74) is 1.48. The quantitative estimate of drug-likeness (QED) is 0.683. The van der Waals surface area contributed by atoms with Crippen LogP contribution in [0.2, 0.25) is 0 Å². The van der Waals surface area contributed by atoms with Crippen molar-refractivity contribution in [3.8, 4) is 17.2 Å². The summed E-state index contributed by atoms with van der Waals surface area (Å²) in [6, 6.07) is 9.73. The molecule has 1 fully saturated rings. The number of aromatic nitrogens is 6. The van der Waals surface area contributed by atoms with Crippen LogP contribution < -0.4 is 10.7 Å². The monoisotopic (exact) mass is 312 g/mol. The highest BCUT2D eigenvalue weighted by Crippen LogP contribution is 2.26. The second-order valence-electron chi connectivity index (χ2n) is 5.16. The van der Waals surface area contributed by atoms with E-state index in [1.807, 2.05) is 30.3 Å². The van der Waals surface area contributed by atoms with Crippen LogP contribution in [0.5, 0.6) is 0 Å². The van der Waals surface area contributed by atoms with Gasteiger partial charge in [0.05, 0.1) is 18.9 Å². The van der Waals surface area contributed by atoms with Crippen LogP contribution in [0.3, 0.4) is 0 Å². The largest absolute Gasteiger partial charge is 0.378 e.